The number of carbonyl (C=O) groups is 1. The number of benzene rings is 2. The van der Waals surface area contributed by atoms with Crippen LogP contribution in [0, 0.1) is 5.82 Å². The minimum atomic E-state index is -0.226. The SMILES string of the molecule is O=C1NC(=S)S/C1=C/c1cn(Cc2ccccc2F)c2ccccc12. The maximum Gasteiger partial charge on any atom is 0.263 e. The highest BCUT2D eigenvalue weighted by molar-refractivity contribution is 8.26. The topological polar surface area (TPSA) is 34.0 Å². The van der Waals surface area contributed by atoms with Crippen LogP contribution >= 0.6 is 24.0 Å². The molecule has 25 heavy (non-hydrogen) atoms. The fourth-order valence-electron chi connectivity index (χ4n) is 2.89. The molecular formula is C19H13FN2OS2. The van der Waals surface area contributed by atoms with Crippen LogP contribution < -0.4 is 5.32 Å². The average molecular weight is 368 g/mol. The van der Waals surface area contributed by atoms with E-state index in [4.69, 9.17) is 12.2 Å². The van der Waals surface area contributed by atoms with E-state index < -0.39 is 0 Å². The molecule has 0 unspecified atom stereocenters. The lowest BCUT2D eigenvalue weighted by Crippen LogP contribution is -2.17. The Labute approximate surface area is 153 Å². The van der Waals surface area contributed by atoms with Crippen LogP contribution in [0.1, 0.15) is 11.1 Å². The zero-order chi connectivity index (χ0) is 17.4. The van der Waals surface area contributed by atoms with Crippen molar-refractivity contribution in [2.45, 2.75) is 6.54 Å². The predicted molar refractivity (Wildman–Crippen MR) is 104 cm³/mol. The van der Waals surface area contributed by atoms with Gasteiger partial charge in [-0.05, 0) is 18.2 Å². The van der Waals surface area contributed by atoms with E-state index >= 15 is 0 Å². The summed E-state index contributed by atoms with van der Waals surface area (Å²) in [5, 5.41) is 3.63. The highest BCUT2D eigenvalue weighted by Crippen LogP contribution is 2.30. The van der Waals surface area contributed by atoms with Crippen molar-refractivity contribution in [2.24, 2.45) is 0 Å². The summed E-state index contributed by atoms with van der Waals surface area (Å²) < 4.78 is 16.5. The molecule has 0 atom stereocenters. The van der Waals surface area contributed by atoms with Crippen molar-refractivity contribution < 1.29 is 9.18 Å². The van der Waals surface area contributed by atoms with Crippen LogP contribution in [0.3, 0.4) is 0 Å². The number of rotatable bonds is 3. The summed E-state index contributed by atoms with van der Waals surface area (Å²) in [5.74, 6) is -0.405. The molecule has 124 valence electrons. The maximum absolute atomic E-state index is 14.0. The number of fused-ring (bicyclic) bond motifs is 1. The molecule has 2 heterocycles. The lowest BCUT2D eigenvalue weighted by molar-refractivity contribution is -0.115. The van der Waals surface area contributed by atoms with Crippen molar-refractivity contribution in [3.8, 4) is 0 Å². The summed E-state index contributed by atoms with van der Waals surface area (Å²) in [6, 6.07) is 14.6. The van der Waals surface area contributed by atoms with Gasteiger partial charge in [0.1, 0.15) is 10.1 Å². The second-order valence-corrected chi connectivity index (χ2v) is 7.39. The van der Waals surface area contributed by atoms with E-state index in [0.29, 0.717) is 21.3 Å². The number of nitrogens with zero attached hydrogens (tertiary/aromatic N) is 1. The Morgan fingerprint density at radius 3 is 2.68 bits per heavy atom. The number of hydrogen-bond donors (Lipinski definition) is 1. The van der Waals surface area contributed by atoms with Crippen molar-refractivity contribution in [2.75, 3.05) is 0 Å². The summed E-state index contributed by atoms with van der Waals surface area (Å²) in [5.41, 5.74) is 2.52. The van der Waals surface area contributed by atoms with Gasteiger partial charge >= 0.3 is 0 Å². The number of thioether (sulfide) groups is 1. The molecule has 1 aromatic heterocycles. The van der Waals surface area contributed by atoms with Gasteiger partial charge in [0.2, 0.25) is 0 Å². The summed E-state index contributed by atoms with van der Waals surface area (Å²) in [6.45, 7) is 0.425. The van der Waals surface area contributed by atoms with Gasteiger partial charge in [0.15, 0.2) is 0 Å². The predicted octanol–water partition coefficient (Wildman–Crippen LogP) is 4.32. The van der Waals surface area contributed by atoms with E-state index in [9.17, 15) is 9.18 Å². The second kappa shape index (κ2) is 6.46. The third-order valence-corrected chi connectivity index (χ3v) is 5.21. The first-order chi connectivity index (χ1) is 12.1. The standard InChI is InChI=1S/C19H13FN2OS2/c20-15-7-3-1-5-12(15)10-22-11-13(14-6-2-4-8-16(14)22)9-17-18(23)21-19(24)25-17/h1-9,11H,10H2,(H,21,23,24)/b17-9+. The molecule has 0 radical (unpaired) electrons. The summed E-state index contributed by atoms with van der Waals surface area (Å²) in [7, 11) is 0. The number of hydrogen-bond acceptors (Lipinski definition) is 3. The Bertz CT molecular complexity index is 1040. The minimum absolute atomic E-state index is 0.180. The summed E-state index contributed by atoms with van der Waals surface area (Å²) in [4.78, 5) is 12.5. The van der Waals surface area contributed by atoms with E-state index in [-0.39, 0.29) is 11.7 Å². The Morgan fingerprint density at radius 2 is 1.92 bits per heavy atom. The first-order valence-corrected chi connectivity index (χ1v) is 8.90. The maximum atomic E-state index is 14.0. The molecule has 6 heteroatoms. The molecule has 1 amide bonds. The number of aromatic nitrogens is 1. The van der Waals surface area contributed by atoms with Gasteiger partial charge in [0.05, 0.1) is 11.4 Å². The quantitative estimate of drug-likeness (QED) is 0.552. The monoisotopic (exact) mass is 368 g/mol. The van der Waals surface area contributed by atoms with Crippen LogP contribution in [-0.2, 0) is 11.3 Å². The molecule has 0 spiro atoms. The molecule has 1 N–H and O–H groups in total. The lowest BCUT2D eigenvalue weighted by atomic mass is 10.1. The fourth-order valence-corrected chi connectivity index (χ4v) is 3.93. The molecular weight excluding hydrogens is 355 g/mol. The Balaban J connectivity index is 1.79. The highest BCUT2D eigenvalue weighted by Gasteiger charge is 2.22. The van der Waals surface area contributed by atoms with Gasteiger partial charge in [-0.15, -0.1) is 0 Å². The van der Waals surface area contributed by atoms with Gasteiger partial charge in [-0.25, -0.2) is 4.39 Å². The van der Waals surface area contributed by atoms with Crippen molar-refractivity contribution in [3.63, 3.8) is 0 Å². The largest absolute Gasteiger partial charge is 0.342 e. The summed E-state index contributed by atoms with van der Waals surface area (Å²) >= 11 is 6.29. The first-order valence-electron chi connectivity index (χ1n) is 7.68. The van der Waals surface area contributed by atoms with Crippen molar-refractivity contribution in [1.29, 1.82) is 0 Å². The Hall–Kier alpha value is -2.44. The van der Waals surface area contributed by atoms with Gasteiger partial charge in [0.25, 0.3) is 5.91 Å². The number of amides is 1. The molecule has 1 saturated heterocycles. The normalized spacial score (nSPS) is 16.0. The molecule has 3 aromatic rings. The molecule has 0 saturated carbocycles. The lowest BCUT2D eigenvalue weighted by Gasteiger charge is -2.06. The van der Waals surface area contributed by atoms with Crippen molar-refractivity contribution in [3.05, 3.63) is 76.6 Å². The van der Waals surface area contributed by atoms with Crippen LogP contribution in [0.4, 0.5) is 4.39 Å². The van der Waals surface area contributed by atoms with Crippen molar-refractivity contribution in [1.82, 2.24) is 9.88 Å². The van der Waals surface area contributed by atoms with Crippen LogP contribution in [0.5, 0.6) is 0 Å². The first kappa shape index (κ1) is 16.1. The van der Waals surface area contributed by atoms with Gasteiger partial charge in [0, 0.05) is 28.2 Å². The number of carbonyl (C=O) groups excluding carboxylic acids is 1. The molecule has 0 bridgehead atoms. The minimum Gasteiger partial charge on any atom is -0.342 e. The van der Waals surface area contributed by atoms with Gasteiger partial charge in [-0.1, -0.05) is 60.4 Å². The van der Waals surface area contributed by atoms with E-state index in [1.54, 1.807) is 12.1 Å². The fraction of sp³-hybridized carbons (Fsp3) is 0.0526. The number of para-hydroxylation sites is 1. The number of nitrogens with one attached hydrogen (secondary N) is 1. The van der Waals surface area contributed by atoms with Crippen molar-refractivity contribution >= 4 is 51.2 Å². The number of thiocarbonyl (C=S) groups is 1. The molecule has 1 aliphatic heterocycles. The van der Waals surface area contributed by atoms with Gasteiger partial charge in [-0.2, -0.15) is 0 Å². The van der Waals surface area contributed by atoms with E-state index in [1.807, 2.05) is 47.2 Å². The zero-order valence-electron chi connectivity index (χ0n) is 13.0. The van der Waals surface area contributed by atoms with Crippen LogP contribution in [-0.4, -0.2) is 14.8 Å². The summed E-state index contributed by atoms with van der Waals surface area (Å²) in [6.07, 6.45) is 3.78. The molecule has 1 aliphatic rings. The average Bonchev–Trinajstić information content (AvgIpc) is 3.10. The Kier molecular flexibility index (Phi) is 4.15. The Morgan fingerprint density at radius 1 is 1.16 bits per heavy atom. The molecule has 4 rings (SSSR count). The second-order valence-electron chi connectivity index (χ2n) is 5.67. The zero-order valence-corrected chi connectivity index (χ0v) is 14.7. The van der Waals surface area contributed by atoms with E-state index in [1.165, 1.54) is 17.8 Å². The van der Waals surface area contributed by atoms with E-state index in [0.717, 1.165) is 16.5 Å². The van der Waals surface area contributed by atoms with E-state index in [2.05, 4.69) is 5.32 Å². The molecule has 2 aromatic carbocycles. The van der Waals surface area contributed by atoms with Gasteiger partial charge in [-0.3, -0.25) is 4.79 Å². The number of halogens is 1. The highest BCUT2D eigenvalue weighted by atomic mass is 32.2. The third-order valence-electron chi connectivity index (χ3n) is 4.05. The smallest absolute Gasteiger partial charge is 0.263 e. The molecule has 1 fully saturated rings. The molecule has 0 aliphatic carbocycles. The van der Waals surface area contributed by atoms with Crippen LogP contribution in [0.15, 0.2) is 59.6 Å². The third kappa shape index (κ3) is 3.10. The van der Waals surface area contributed by atoms with Crippen LogP contribution in [0.2, 0.25) is 0 Å². The molecule has 3 nitrogen and oxygen atoms in total. The van der Waals surface area contributed by atoms with Gasteiger partial charge < -0.3 is 9.88 Å². The van der Waals surface area contributed by atoms with Crippen LogP contribution in [0.25, 0.3) is 17.0 Å².